The molecule has 0 radical (unpaired) electrons. The predicted molar refractivity (Wildman–Crippen MR) is 72.2 cm³/mol. The van der Waals surface area contributed by atoms with Crippen LogP contribution in [0.3, 0.4) is 0 Å². The maximum Gasteiger partial charge on any atom is 0.407 e. The van der Waals surface area contributed by atoms with E-state index in [-0.39, 0.29) is 12.6 Å². The third-order valence-corrected chi connectivity index (χ3v) is 3.24. The monoisotopic (exact) mass is 278 g/mol. The van der Waals surface area contributed by atoms with Crippen LogP contribution in [-0.2, 0) is 16.1 Å². The van der Waals surface area contributed by atoms with E-state index in [1.807, 2.05) is 30.3 Å². The summed E-state index contributed by atoms with van der Waals surface area (Å²) in [7, 11) is 0. The molecule has 2 atom stereocenters. The summed E-state index contributed by atoms with van der Waals surface area (Å²) in [6.07, 6.45) is 0.560. The highest BCUT2D eigenvalue weighted by atomic mass is 16.5. The van der Waals surface area contributed by atoms with E-state index in [0.29, 0.717) is 19.4 Å². The number of piperidine rings is 1. The average molecular weight is 278 g/mol. The zero-order chi connectivity index (χ0) is 14.4. The van der Waals surface area contributed by atoms with Crippen molar-refractivity contribution in [2.45, 2.75) is 31.5 Å². The number of aliphatic carboxylic acids is 1. The molecule has 0 aromatic heterocycles. The number of hydrogen-bond donors (Lipinski definition) is 3. The van der Waals surface area contributed by atoms with Gasteiger partial charge in [0.25, 0.3) is 0 Å². The summed E-state index contributed by atoms with van der Waals surface area (Å²) >= 11 is 0. The number of carboxylic acids is 1. The highest BCUT2D eigenvalue weighted by molar-refractivity contribution is 5.74. The molecule has 0 spiro atoms. The van der Waals surface area contributed by atoms with Crippen LogP contribution in [0.25, 0.3) is 0 Å². The summed E-state index contributed by atoms with van der Waals surface area (Å²) in [5.41, 5.74) is 0.913. The molecule has 0 saturated carbocycles. The molecule has 6 heteroatoms. The number of hydrogen-bond acceptors (Lipinski definition) is 4. The molecule has 1 amide bonds. The molecule has 6 nitrogen and oxygen atoms in total. The molecule has 0 bridgehead atoms. The van der Waals surface area contributed by atoms with Gasteiger partial charge in [0.1, 0.15) is 12.6 Å². The first-order valence-corrected chi connectivity index (χ1v) is 6.58. The van der Waals surface area contributed by atoms with E-state index in [2.05, 4.69) is 10.6 Å². The molecule has 2 rings (SSSR count). The zero-order valence-corrected chi connectivity index (χ0v) is 11.0. The number of rotatable bonds is 4. The second-order valence-electron chi connectivity index (χ2n) is 4.77. The van der Waals surface area contributed by atoms with Crippen molar-refractivity contribution in [3.63, 3.8) is 0 Å². The molecule has 3 N–H and O–H groups in total. The Balaban J connectivity index is 1.75. The quantitative estimate of drug-likeness (QED) is 0.768. The van der Waals surface area contributed by atoms with Crippen LogP contribution in [0, 0.1) is 0 Å². The van der Waals surface area contributed by atoms with Crippen molar-refractivity contribution >= 4 is 12.1 Å². The van der Waals surface area contributed by atoms with E-state index in [1.54, 1.807) is 0 Å². The maximum absolute atomic E-state index is 11.7. The number of benzene rings is 1. The normalized spacial score (nSPS) is 22.0. The highest BCUT2D eigenvalue weighted by Crippen LogP contribution is 2.09. The minimum atomic E-state index is -0.894. The van der Waals surface area contributed by atoms with Gasteiger partial charge in [-0.3, -0.25) is 4.79 Å². The topological polar surface area (TPSA) is 87.7 Å². The Morgan fingerprint density at radius 3 is 2.80 bits per heavy atom. The number of ether oxygens (including phenoxy) is 1. The third-order valence-electron chi connectivity index (χ3n) is 3.24. The van der Waals surface area contributed by atoms with Gasteiger partial charge in [-0.1, -0.05) is 30.3 Å². The molecule has 1 aromatic rings. The van der Waals surface area contributed by atoms with Crippen LogP contribution >= 0.6 is 0 Å². The lowest BCUT2D eigenvalue weighted by atomic mass is 10.00. The molecule has 0 aliphatic carbocycles. The SMILES string of the molecule is O=C(N[C@@H]1CCN[C@@H](C(=O)O)C1)OCc1ccccc1. The molecule has 1 fully saturated rings. The maximum atomic E-state index is 11.7. The second-order valence-corrected chi connectivity index (χ2v) is 4.77. The molecular formula is C14H18N2O4. The van der Waals surface area contributed by atoms with Crippen LogP contribution in [0.5, 0.6) is 0 Å². The molecule has 1 aliphatic heterocycles. The van der Waals surface area contributed by atoms with Crippen LogP contribution < -0.4 is 10.6 Å². The molecule has 0 unspecified atom stereocenters. The molecule has 1 aliphatic rings. The summed E-state index contributed by atoms with van der Waals surface area (Å²) in [6, 6.07) is 8.62. The minimum absolute atomic E-state index is 0.166. The fraction of sp³-hybridized carbons (Fsp3) is 0.429. The lowest BCUT2D eigenvalue weighted by molar-refractivity contribution is -0.140. The second kappa shape index (κ2) is 6.91. The van der Waals surface area contributed by atoms with Crippen molar-refractivity contribution in [1.82, 2.24) is 10.6 Å². The van der Waals surface area contributed by atoms with E-state index in [0.717, 1.165) is 5.56 Å². The summed E-state index contributed by atoms with van der Waals surface area (Å²) in [4.78, 5) is 22.5. The molecule has 108 valence electrons. The van der Waals surface area contributed by atoms with Crippen LogP contribution in [-0.4, -0.2) is 35.8 Å². The predicted octanol–water partition coefficient (Wildman–Crippen LogP) is 1.12. The van der Waals surface area contributed by atoms with Crippen molar-refractivity contribution in [3.8, 4) is 0 Å². The van der Waals surface area contributed by atoms with Crippen molar-refractivity contribution in [2.24, 2.45) is 0 Å². The first-order valence-electron chi connectivity index (χ1n) is 6.58. The van der Waals surface area contributed by atoms with Crippen LogP contribution in [0.4, 0.5) is 4.79 Å². The lowest BCUT2D eigenvalue weighted by Gasteiger charge is -2.28. The van der Waals surface area contributed by atoms with Gasteiger partial charge in [0.05, 0.1) is 0 Å². The van der Waals surface area contributed by atoms with Gasteiger partial charge in [-0.2, -0.15) is 0 Å². The summed E-state index contributed by atoms with van der Waals surface area (Å²) in [5.74, 6) is -0.894. The smallest absolute Gasteiger partial charge is 0.407 e. The number of carbonyl (C=O) groups excluding carboxylic acids is 1. The molecule has 1 heterocycles. The molecule has 20 heavy (non-hydrogen) atoms. The largest absolute Gasteiger partial charge is 0.480 e. The van der Waals surface area contributed by atoms with Crippen molar-refractivity contribution in [3.05, 3.63) is 35.9 Å². The Morgan fingerprint density at radius 1 is 1.35 bits per heavy atom. The molecular weight excluding hydrogens is 260 g/mol. The molecule has 1 aromatic carbocycles. The Hall–Kier alpha value is -2.08. The van der Waals surface area contributed by atoms with Gasteiger partial charge in [0.15, 0.2) is 0 Å². The van der Waals surface area contributed by atoms with Gasteiger partial charge in [0.2, 0.25) is 0 Å². The van der Waals surface area contributed by atoms with Crippen molar-refractivity contribution < 1.29 is 19.4 Å². The zero-order valence-electron chi connectivity index (χ0n) is 11.0. The average Bonchev–Trinajstić information content (AvgIpc) is 2.46. The van der Waals surface area contributed by atoms with Gasteiger partial charge in [-0.15, -0.1) is 0 Å². The Kier molecular flexibility index (Phi) is 4.95. The Morgan fingerprint density at radius 2 is 2.10 bits per heavy atom. The van der Waals surface area contributed by atoms with Gasteiger partial charge >= 0.3 is 12.1 Å². The first kappa shape index (κ1) is 14.3. The first-order chi connectivity index (χ1) is 9.65. The van der Waals surface area contributed by atoms with E-state index in [1.165, 1.54) is 0 Å². The molecule has 1 saturated heterocycles. The van der Waals surface area contributed by atoms with Gasteiger partial charge in [0, 0.05) is 6.04 Å². The van der Waals surface area contributed by atoms with Crippen LogP contribution in [0.1, 0.15) is 18.4 Å². The third kappa shape index (κ3) is 4.24. The Labute approximate surface area is 117 Å². The number of amides is 1. The van der Waals surface area contributed by atoms with Crippen molar-refractivity contribution in [2.75, 3.05) is 6.54 Å². The van der Waals surface area contributed by atoms with E-state index >= 15 is 0 Å². The van der Waals surface area contributed by atoms with E-state index in [9.17, 15) is 9.59 Å². The summed E-state index contributed by atoms with van der Waals surface area (Å²) in [5, 5.41) is 14.5. The Bertz CT molecular complexity index is 464. The number of carbonyl (C=O) groups is 2. The van der Waals surface area contributed by atoms with E-state index in [4.69, 9.17) is 9.84 Å². The summed E-state index contributed by atoms with van der Waals surface area (Å²) in [6.45, 7) is 0.778. The van der Waals surface area contributed by atoms with Gasteiger partial charge in [-0.05, 0) is 24.9 Å². The number of nitrogens with one attached hydrogen (secondary N) is 2. The van der Waals surface area contributed by atoms with Crippen LogP contribution in [0.2, 0.25) is 0 Å². The minimum Gasteiger partial charge on any atom is -0.480 e. The number of alkyl carbamates (subject to hydrolysis) is 1. The lowest BCUT2D eigenvalue weighted by Crippen LogP contribution is -2.50. The standard InChI is InChI=1S/C14H18N2O4/c17-13(18)12-8-11(6-7-15-12)16-14(19)20-9-10-4-2-1-3-5-10/h1-5,11-12,15H,6-9H2,(H,16,19)(H,17,18)/t11-,12-/m1/s1. The highest BCUT2D eigenvalue weighted by Gasteiger charge is 2.27. The summed E-state index contributed by atoms with van der Waals surface area (Å²) < 4.78 is 5.11. The van der Waals surface area contributed by atoms with Gasteiger partial charge in [-0.25, -0.2) is 4.79 Å². The number of carboxylic acid groups (broad SMARTS) is 1. The van der Waals surface area contributed by atoms with E-state index < -0.39 is 18.1 Å². The van der Waals surface area contributed by atoms with Gasteiger partial charge < -0.3 is 20.5 Å². The fourth-order valence-corrected chi connectivity index (χ4v) is 2.17. The fourth-order valence-electron chi connectivity index (χ4n) is 2.17. The van der Waals surface area contributed by atoms with Crippen LogP contribution in [0.15, 0.2) is 30.3 Å². The van der Waals surface area contributed by atoms with Crippen molar-refractivity contribution in [1.29, 1.82) is 0 Å².